The molecule has 0 aliphatic rings. The summed E-state index contributed by atoms with van der Waals surface area (Å²) in [5.74, 6) is 0.802. The van der Waals surface area contributed by atoms with Crippen molar-refractivity contribution in [2.24, 2.45) is 0 Å². The van der Waals surface area contributed by atoms with Crippen molar-refractivity contribution >= 4 is 16.5 Å². The topological polar surface area (TPSA) is 69.6 Å². The number of aromatic nitrogens is 4. The monoisotopic (exact) mass is 209 g/mol. The highest BCUT2D eigenvalue weighted by atomic mass is 32.1. The average Bonchev–Trinajstić information content (AvgIpc) is 2.73. The molecule has 2 rings (SSSR count). The van der Waals surface area contributed by atoms with Crippen LogP contribution in [0.15, 0.2) is 6.33 Å². The lowest BCUT2D eigenvalue weighted by Gasteiger charge is -2.02. The molecule has 0 amide bonds. The molecule has 0 aliphatic heterocycles. The van der Waals surface area contributed by atoms with E-state index in [9.17, 15) is 0 Å². The van der Waals surface area contributed by atoms with E-state index in [2.05, 4.69) is 14.6 Å². The smallest absolute Gasteiger partial charge is 0.168 e. The van der Waals surface area contributed by atoms with Crippen molar-refractivity contribution in [1.82, 2.24) is 19.1 Å². The summed E-state index contributed by atoms with van der Waals surface area (Å²) >= 11 is 1.30. The summed E-state index contributed by atoms with van der Waals surface area (Å²) < 4.78 is 6.13. The third kappa shape index (κ3) is 1.27. The van der Waals surface area contributed by atoms with E-state index in [4.69, 9.17) is 5.73 Å². The molecule has 0 saturated heterocycles. The molecule has 0 atom stereocenters. The molecule has 74 valence electrons. The SMILES string of the molecule is CCn1cnnc1-c1c(C)nsc1N. The van der Waals surface area contributed by atoms with E-state index in [1.807, 2.05) is 18.4 Å². The van der Waals surface area contributed by atoms with Crippen molar-refractivity contribution < 1.29 is 0 Å². The predicted octanol–water partition coefficient (Wildman–Crippen LogP) is 1.31. The number of anilines is 1. The molecular weight excluding hydrogens is 198 g/mol. The Morgan fingerprint density at radius 2 is 2.36 bits per heavy atom. The molecule has 0 fully saturated rings. The first-order valence-electron chi connectivity index (χ1n) is 4.34. The van der Waals surface area contributed by atoms with Gasteiger partial charge in [-0.1, -0.05) is 0 Å². The third-order valence-corrected chi connectivity index (χ3v) is 2.83. The fourth-order valence-electron chi connectivity index (χ4n) is 1.34. The van der Waals surface area contributed by atoms with Gasteiger partial charge in [0.15, 0.2) is 5.82 Å². The van der Waals surface area contributed by atoms with Crippen LogP contribution in [0.4, 0.5) is 5.00 Å². The van der Waals surface area contributed by atoms with Crippen molar-refractivity contribution in [2.75, 3.05) is 5.73 Å². The molecule has 0 aromatic carbocycles. The van der Waals surface area contributed by atoms with Gasteiger partial charge >= 0.3 is 0 Å². The Labute approximate surface area is 85.8 Å². The molecule has 0 bridgehead atoms. The highest BCUT2D eigenvalue weighted by Gasteiger charge is 2.15. The van der Waals surface area contributed by atoms with Crippen LogP contribution >= 0.6 is 11.5 Å². The second-order valence-electron chi connectivity index (χ2n) is 2.95. The lowest BCUT2D eigenvalue weighted by molar-refractivity contribution is 0.766. The summed E-state index contributed by atoms with van der Waals surface area (Å²) in [6.45, 7) is 4.80. The van der Waals surface area contributed by atoms with Gasteiger partial charge in [0, 0.05) is 6.54 Å². The normalized spacial score (nSPS) is 10.7. The van der Waals surface area contributed by atoms with Gasteiger partial charge in [0.1, 0.15) is 11.3 Å². The van der Waals surface area contributed by atoms with Crippen LogP contribution in [0.3, 0.4) is 0 Å². The Morgan fingerprint density at radius 3 is 2.93 bits per heavy atom. The van der Waals surface area contributed by atoms with Crippen LogP contribution in [0.25, 0.3) is 11.4 Å². The molecule has 0 spiro atoms. The fraction of sp³-hybridized carbons (Fsp3) is 0.375. The Morgan fingerprint density at radius 1 is 1.57 bits per heavy atom. The second-order valence-corrected chi connectivity index (χ2v) is 3.75. The van der Waals surface area contributed by atoms with Gasteiger partial charge in [0.25, 0.3) is 0 Å². The van der Waals surface area contributed by atoms with Gasteiger partial charge < -0.3 is 10.3 Å². The molecule has 0 radical (unpaired) electrons. The van der Waals surface area contributed by atoms with Crippen LogP contribution in [0, 0.1) is 6.92 Å². The van der Waals surface area contributed by atoms with E-state index < -0.39 is 0 Å². The quantitative estimate of drug-likeness (QED) is 0.809. The molecule has 2 aromatic heterocycles. The highest BCUT2D eigenvalue weighted by Crippen LogP contribution is 2.30. The largest absolute Gasteiger partial charge is 0.389 e. The highest BCUT2D eigenvalue weighted by molar-refractivity contribution is 7.10. The Balaban J connectivity index is 2.59. The van der Waals surface area contributed by atoms with Crippen LogP contribution in [-0.2, 0) is 6.54 Å². The number of nitrogen functional groups attached to an aromatic ring is 1. The van der Waals surface area contributed by atoms with Gasteiger partial charge in [0.2, 0.25) is 0 Å². The van der Waals surface area contributed by atoms with Gasteiger partial charge in [-0.15, -0.1) is 10.2 Å². The zero-order valence-electron chi connectivity index (χ0n) is 8.06. The average molecular weight is 209 g/mol. The lowest BCUT2D eigenvalue weighted by atomic mass is 10.2. The number of nitrogens with zero attached hydrogens (tertiary/aromatic N) is 4. The summed E-state index contributed by atoms with van der Waals surface area (Å²) in [5.41, 5.74) is 7.65. The van der Waals surface area contributed by atoms with Gasteiger partial charge in [0.05, 0.1) is 11.3 Å². The molecule has 5 nitrogen and oxygen atoms in total. The van der Waals surface area contributed by atoms with E-state index in [1.165, 1.54) is 11.5 Å². The van der Waals surface area contributed by atoms with Crippen molar-refractivity contribution in [1.29, 1.82) is 0 Å². The van der Waals surface area contributed by atoms with E-state index >= 15 is 0 Å². The molecule has 0 unspecified atom stereocenters. The maximum absolute atomic E-state index is 5.83. The maximum atomic E-state index is 5.83. The van der Waals surface area contributed by atoms with Gasteiger partial charge in [-0.25, -0.2) is 0 Å². The summed E-state index contributed by atoms with van der Waals surface area (Å²) in [6, 6.07) is 0. The third-order valence-electron chi connectivity index (χ3n) is 2.07. The molecule has 0 aliphatic carbocycles. The summed E-state index contributed by atoms with van der Waals surface area (Å²) in [4.78, 5) is 0. The lowest BCUT2D eigenvalue weighted by Crippen LogP contribution is -1.98. The van der Waals surface area contributed by atoms with Crippen LogP contribution in [0.5, 0.6) is 0 Å². The summed E-state index contributed by atoms with van der Waals surface area (Å²) in [5, 5.41) is 8.62. The summed E-state index contributed by atoms with van der Waals surface area (Å²) in [6.07, 6.45) is 1.70. The van der Waals surface area contributed by atoms with E-state index in [0.717, 1.165) is 23.6 Å². The van der Waals surface area contributed by atoms with Crippen molar-refractivity contribution in [2.45, 2.75) is 20.4 Å². The second kappa shape index (κ2) is 3.38. The van der Waals surface area contributed by atoms with Crippen molar-refractivity contribution in [3.63, 3.8) is 0 Å². The first-order valence-corrected chi connectivity index (χ1v) is 5.11. The molecular formula is C8H11N5S. The molecule has 0 saturated carbocycles. The first-order chi connectivity index (χ1) is 6.74. The van der Waals surface area contributed by atoms with E-state index in [0.29, 0.717) is 5.00 Å². The predicted molar refractivity (Wildman–Crippen MR) is 56.0 cm³/mol. The number of nitrogens with two attached hydrogens (primary N) is 1. The molecule has 2 heterocycles. The van der Waals surface area contributed by atoms with Crippen LogP contribution in [-0.4, -0.2) is 19.1 Å². The standard InChI is InChI=1S/C8H11N5S/c1-3-13-4-10-11-8(13)6-5(2)12-14-7(6)9/h4H,3,9H2,1-2H3. The number of rotatable bonds is 2. The van der Waals surface area contributed by atoms with Gasteiger partial charge in [-0.05, 0) is 25.4 Å². The Bertz CT molecular complexity index is 425. The molecule has 2 aromatic rings. The van der Waals surface area contributed by atoms with E-state index in [1.54, 1.807) is 6.33 Å². The first kappa shape index (κ1) is 9.14. The van der Waals surface area contributed by atoms with Crippen LogP contribution in [0.1, 0.15) is 12.6 Å². The zero-order valence-corrected chi connectivity index (χ0v) is 8.88. The van der Waals surface area contributed by atoms with Crippen molar-refractivity contribution in [3.05, 3.63) is 12.0 Å². The zero-order chi connectivity index (χ0) is 10.1. The fourth-order valence-corrected chi connectivity index (χ4v) is 2.00. The number of hydrogen-bond acceptors (Lipinski definition) is 5. The van der Waals surface area contributed by atoms with Gasteiger partial charge in [-0.3, -0.25) is 0 Å². The van der Waals surface area contributed by atoms with Crippen LogP contribution < -0.4 is 5.73 Å². The molecule has 6 heteroatoms. The number of hydrogen-bond donors (Lipinski definition) is 1. The minimum Gasteiger partial charge on any atom is -0.389 e. The molecule has 14 heavy (non-hydrogen) atoms. The summed E-state index contributed by atoms with van der Waals surface area (Å²) in [7, 11) is 0. The maximum Gasteiger partial charge on any atom is 0.168 e. The molecule has 2 N–H and O–H groups in total. The minimum absolute atomic E-state index is 0.699. The number of aryl methyl sites for hydroxylation is 2. The Kier molecular flexibility index (Phi) is 2.20. The minimum atomic E-state index is 0.699. The Hall–Kier alpha value is -1.43. The van der Waals surface area contributed by atoms with Crippen molar-refractivity contribution in [3.8, 4) is 11.4 Å². The van der Waals surface area contributed by atoms with Gasteiger partial charge in [-0.2, -0.15) is 4.37 Å². The van der Waals surface area contributed by atoms with Crippen LogP contribution in [0.2, 0.25) is 0 Å². The van der Waals surface area contributed by atoms with E-state index in [-0.39, 0.29) is 0 Å².